The molecule has 1 aromatic carbocycles. The van der Waals surface area contributed by atoms with Crippen molar-refractivity contribution in [2.45, 2.75) is 6.92 Å². The topological polar surface area (TPSA) is 113 Å². The summed E-state index contributed by atoms with van der Waals surface area (Å²) in [5.74, 6) is -0.0439. The number of morpholine rings is 1. The van der Waals surface area contributed by atoms with E-state index in [9.17, 15) is 4.39 Å². The Hall–Kier alpha value is -4.51. The number of benzene rings is 1. The van der Waals surface area contributed by atoms with E-state index in [-0.39, 0.29) is 11.8 Å². The molecule has 0 unspecified atom stereocenters. The summed E-state index contributed by atoms with van der Waals surface area (Å²) in [5.41, 5.74) is 8.01. The van der Waals surface area contributed by atoms with Crippen LogP contribution in [0.5, 0.6) is 0 Å². The second kappa shape index (κ2) is 10.8. The highest BCUT2D eigenvalue weighted by molar-refractivity contribution is 5.78. The van der Waals surface area contributed by atoms with Gasteiger partial charge in [0, 0.05) is 30.5 Å². The van der Waals surface area contributed by atoms with E-state index in [0.29, 0.717) is 32.0 Å². The Morgan fingerprint density at radius 1 is 1.06 bits per heavy atom. The second-order valence-corrected chi connectivity index (χ2v) is 8.13. The zero-order chi connectivity index (χ0) is 24.7. The van der Waals surface area contributed by atoms with E-state index in [0.717, 1.165) is 34.4 Å². The van der Waals surface area contributed by atoms with Gasteiger partial charge < -0.3 is 15.0 Å². The summed E-state index contributed by atoms with van der Waals surface area (Å²) in [6.07, 6.45) is 6.05. The third-order valence-corrected chi connectivity index (χ3v) is 5.42. The van der Waals surface area contributed by atoms with Crippen LogP contribution in [-0.2, 0) is 4.74 Å². The molecule has 0 amide bonds. The number of anilines is 4. The molecule has 0 aliphatic carbocycles. The molecule has 10 nitrogen and oxygen atoms in total. The first kappa shape index (κ1) is 23.2. The summed E-state index contributed by atoms with van der Waals surface area (Å²) in [5, 5.41) is 15.6. The molecular weight excluding hydrogens is 461 g/mol. The van der Waals surface area contributed by atoms with E-state index >= 15 is 0 Å². The minimum absolute atomic E-state index is 0.200. The van der Waals surface area contributed by atoms with Gasteiger partial charge >= 0.3 is 0 Å². The third kappa shape index (κ3) is 5.76. The van der Waals surface area contributed by atoms with Gasteiger partial charge in [-0.25, -0.2) is 14.8 Å². The van der Waals surface area contributed by atoms with Crippen molar-refractivity contribution in [2.75, 3.05) is 41.9 Å². The van der Waals surface area contributed by atoms with Crippen molar-refractivity contribution in [1.29, 1.82) is 0 Å². The van der Waals surface area contributed by atoms with Crippen molar-refractivity contribution in [3.8, 4) is 11.3 Å². The smallest absolute Gasteiger partial charge is 0.245 e. The number of hydrogen-bond donors (Lipinski definition) is 2. The van der Waals surface area contributed by atoms with E-state index in [1.807, 2.05) is 48.2 Å². The summed E-state index contributed by atoms with van der Waals surface area (Å²) in [6, 6.07) is 13.7. The standard InChI is InChI=1S/C25H24FN9O/c1-17-11-18(23-3-2-6-29-33-23)13-21(12-17)31-20-5-4-19(27-14-20)15-30-34-25-28-16-22(26)24(32-25)35-7-9-36-10-8-35/h2-6,11-16,31H,7-10H2,1H3,(H,28,32,34)/b30-15+. The van der Waals surface area contributed by atoms with Gasteiger partial charge in [-0.1, -0.05) is 0 Å². The monoisotopic (exact) mass is 485 g/mol. The number of aromatic nitrogens is 5. The molecule has 0 spiro atoms. The SMILES string of the molecule is Cc1cc(Nc2ccc(/C=N/Nc3ncc(F)c(N4CCOCC4)n3)nc2)cc(-c2cccnn2)c1. The number of rotatable bonds is 7. The highest BCUT2D eigenvalue weighted by Crippen LogP contribution is 2.25. The molecule has 4 aromatic rings. The minimum atomic E-state index is -0.478. The molecule has 0 radical (unpaired) electrons. The fraction of sp³-hybridized carbons (Fsp3) is 0.200. The van der Waals surface area contributed by atoms with Gasteiger partial charge in [0.05, 0.1) is 48.9 Å². The van der Waals surface area contributed by atoms with Crippen LogP contribution in [0.15, 0.2) is 66.2 Å². The number of hydrazone groups is 1. The zero-order valence-electron chi connectivity index (χ0n) is 19.6. The van der Waals surface area contributed by atoms with Crippen LogP contribution in [0.2, 0.25) is 0 Å². The quantitative estimate of drug-likeness (QED) is 0.298. The van der Waals surface area contributed by atoms with Crippen LogP contribution in [0.1, 0.15) is 11.3 Å². The average Bonchev–Trinajstić information content (AvgIpc) is 2.91. The number of pyridine rings is 1. The lowest BCUT2D eigenvalue weighted by atomic mass is 10.1. The lowest BCUT2D eigenvalue weighted by Crippen LogP contribution is -2.37. The lowest BCUT2D eigenvalue weighted by molar-refractivity contribution is 0.122. The minimum Gasteiger partial charge on any atom is -0.378 e. The lowest BCUT2D eigenvalue weighted by Gasteiger charge is -2.27. The summed E-state index contributed by atoms with van der Waals surface area (Å²) in [6.45, 7) is 4.25. The van der Waals surface area contributed by atoms with Crippen molar-refractivity contribution >= 4 is 29.4 Å². The van der Waals surface area contributed by atoms with Gasteiger partial charge in [-0.15, -0.1) is 0 Å². The normalized spacial score (nSPS) is 13.7. The molecule has 1 aliphatic rings. The molecule has 1 saturated heterocycles. The van der Waals surface area contributed by atoms with Crippen molar-refractivity contribution < 1.29 is 9.13 Å². The highest BCUT2D eigenvalue weighted by Gasteiger charge is 2.17. The van der Waals surface area contributed by atoms with Crippen molar-refractivity contribution in [3.63, 3.8) is 0 Å². The molecule has 11 heteroatoms. The molecule has 4 heterocycles. The fourth-order valence-corrected chi connectivity index (χ4v) is 3.75. The van der Waals surface area contributed by atoms with Crippen LogP contribution in [0.4, 0.5) is 27.5 Å². The van der Waals surface area contributed by atoms with E-state index < -0.39 is 5.82 Å². The van der Waals surface area contributed by atoms with E-state index in [1.165, 1.54) is 0 Å². The maximum Gasteiger partial charge on any atom is 0.245 e. The number of aryl methyl sites for hydroxylation is 1. The summed E-state index contributed by atoms with van der Waals surface area (Å²) in [4.78, 5) is 14.4. The van der Waals surface area contributed by atoms with Crippen LogP contribution in [0, 0.1) is 12.7 Å². The summed E-state index contributed by atoms with van der Waals surface area (Å²) >= 11 is 0. The van der Waals surface area contributed by atoms with Gasteiger partial charge in [0.25, 0.3) is 0 Å². The Bertz CT molecular complexity index is 1340. The van der Waals surface area contributed by atoms with Gasteiger partial charge in [-0.3, -0.25) is 4.98 Å². The molecule has 3 aromatic heterocycles. The maximum absolute atomic E-state index is 14.2. The summed E-state index contributed by atoms with van der Waals surface area (Å²) < 4.78 is 19.5. The van der Waals surface area contributed by atoms with Crippen LogP contribution < -0.4 is 15.6 Å². The van der Waals surface area contributed by atoms with Gasteiger partial charge in [0.1, 0.15) is 0 Å². The Morgan fingerprint density at radius 3 is 2.72 bits per heavy atom. The first-order valence-corrected chi connectivity index (χ1v) is 11.4. The predicted octanol–water partition coefficient (Wildman–Crippen LogP) is 3.80. The largest absolute Gasteiger partial charge is 0.378 e. The Kier molecular flexibility index (Phi) is 6.99. The van der Waals surface area contributed by atoms with E-state index in [1.54, 1.807) is 18.6 Å². The third-order valence-electron chi connectivity index (χ3n) is 5.42. The van der Waals surface area contributed by atoms with Crippen LogP contribution in [0.3, 0.4) is 0 Å². The molecule has 0 bridgehead atoms. The molecule has 5 rings (SSSR count). The van der Waals surface area contributed by atoms with Gasteiger partial charge in [0.2, 0.25) is 5.95 Å². The van der Waals surface area contributed by atoms with Gasteiger partial charge in [0.15, 0.2) is 11.6 Å². The van der Waals surface area contributed by atoms with E-state index in [4.69, 9.17) is 4.74 Å². The Labute approximate surface area is 207 Å². The van der Waals surface area contributed by atoms with Crippen LogP contribution in [-0.4, -0.2) is 57.7 Å². The molecule has 2 N–H and O–H groups in total. The molecule has 1 aliphatic heterocycles. The van der Waals surface area contributed by atoms with Gasteiger partial charge in [-0.05, 0) is 55.0 Å². The Morgan fingerprint density at radius 2 is 1.94 bits per heavy atom. The average molecular weight is 486 g/mol. The molecule has 182 valence electrons. The molecule has 1 fully saturated rings. The molecule has 36 heavy (non-hydrogen) atoms. The summed E-state index contributed by atoms with van der Waals surface area (Å²) in [7, 11) is 0. The number of nitrogens with one attached hydrogen (secondary N) is 2. The first-order chi connectivity index (χ1) is 17.6. The molecule has 0 saturated carbocycles. The maximum atomic E-state index is 14.2. The number of hydrogen-bond acceptors (Lipinski definition) is 10. The predicted molar refractivity (Wildman–Crippen MR) is 136 cm³/mol. The first-order valence-electron chi connectivity index (χ1n) is 11.4. The van der Waals surface area contributed by atoms with Crippen molar-refractivity contribution in [3.05, 3.63) is 78.1 Å². The molecule has 0 atom stereocenters. The van der Waals surface area contributed by atoms with Crippen LogP contribution >= 0.6 is 0 Å². The molecular formula is C25H24FN9O. The van der Waals surface area contributed by atoms with Crippen molar-refractivity contribution in [1.82, 2.24) is 25.1 Å². The van der Waals surface area contributed by atoms with Crippen molar-refractivity contribution in [2.24, 2.45) is 5.10 Å². The van der Waals surface area contributed by atoms with E-state index in [2.05, 4.69) is 47.1 Å². The highest BCUT2D eigenvalue weighted by atomic mass is 19.1. The fourth-order valence-electron chi connectivity index (χ4n) is 3.75. The zero-order valence-corrected chi connectivity index (χ0v) is 19.6. The number of halogens is 1. The number of ether oxygens (including phenoxy) is 1. The number of nitrogens with zero attached hydrogens (tertiary/aromatic N) is 7. The second-order valence-electron chi connectivity index (χ2n) is 8.13. The Balaban J connectivity index is 1.22. The van der Waals surface area contributed by atoms with Gasteiger partial charge in [-0.2, -0.15) is 20.3 Å². The van der Waals surface area contributed by atoms with Crippen LogP contribution in [0.25, 0.3) is 11.3 Å².